The van der Waals surface area contributed by atoms with Crippen LogP contribution < -0.4 is 0 Å². The summed E-state index contributed by atoms with van der Waals surface area (Å²) >= 11 is 0. The predicted octanol–water partition coefficient (Wildman–Crippen LogP) is 1.94. The maximum absolute atomic E-state index is 13.8. The van der Waals surface area contributed by atoms with Gasteiger partial charge in [0.2, 0.25) is 0 Å². The van der Waals surface area contributed by atoms with Crippen molar-refractivity contribution < 1.29 is 22.7 Å². The number of likely N-dealkylation sites (tertiary alicyclic amines) is 2. The van der Waals surface area contributed by atoms with Crippen LogP contribution in [0.2, 0.25) is 0 Å². The van der Waals surface area contributed by atoms with Crippen molar-refractivity contribution in [3.05, 3.63) is 17.8 Å². The van der Waals surface area contributed by atoms with Gasteiger partial charge in [0, 0.05) is 45.6 Å². The van der Waals surface area contributed by atoms with Crippen LogP contribution in [0.25, 0.3) is 0 Å². The summed E-state index contributed by atoms with van der Waals surface area (Å²) in [7, 11) is 1.54. The van der Waals surface area contributed by atoms with Crippen molar-refractivity contribution in [2.24, 2.45) is 0 Å². The first kappa shape index (κ1) is 17.3. The third-order valence-electron chi connectivity index (χ3n) is 4.84. The fourth-order valence-corrected chi connectivity index (χ4v) is 3.72. The molecule has 0 saturated carbocycles. The third-order valence-corrected chi connectivity index (χ3v) is 4.84. The molecule has 6 nitrogen and oxygen atoms in total. The Morgan fingerprint density at radius 2 is 2.17 bits per heavy atom. The summed E-state index contributed by atoms with van der Waals surface area (Å²) in [4.78, 5) is 20.0. The highest BCUT2D eigenvalue weighted by Gasteiger charge is 2.47. The molecule has 1 aromatic rings. The van der Waals surface area contributed by atoms with Gasteiger partial charge in [0.1, 0.15) is 6.26 Å². The van der Waals surface area contributed by atoms with Crippen molar-refractivity contribution in [1.29, 1.82) is 0 Å². The average molecular weight is 343 g/mol. The number of methoxy groups -OCH3 is 1. The van der Waals surface area contributed by atoms with Crippen LogP contribution in [0.3, 0.4) is 0 Å². The van der Waals surface area contributed by atoms with Crippen LogP contribution in [-0.2, 0) is 4.74 Å². The van der Waals surface area contributed by atoms with E-state index in [4.69, 9.17) is 9.15 Å². The molecule has 3 heterocycles. The smallest absolute Gasteiger partial charge is 0.275 e. The van der Waals surface area contributed by atoms with Crippen molar-refractivity contribution in [2.45, 2.75) is 44.2 Å². The molecule has 8 heteroatoms. The third kappa shape index (κ3) is 3.59. The molecule has 0 unspecified atom stereocenters. The molecule has 0 N–H and O–H groups in total. The van der Waals surface area contributed by atoms with Gasteiger partial charge in [0.25, 0.3) is 11.8 Å². The van der Waals surface area contributed by atoms with Gasteiger partial charge in [-0.2, -0.15) is 0 Å². The van der Waals surface area contributed by atoms with Crippen molar-refractivity contribution in [3.63, 3.8) is 0 Å². The minimum Gasteiger partial charge on any atom is -0.448 e. The molecule has 3 rings (SSSR count). The number of piperidine rings is 1. The average Bonchev–Trinajstić information content (AvgIpc) is 3.10. The Hall–Kier alpha value is -1.54. The van der Waals surface area contributed by atoms with E-state index in [0.717, 1.165) is 0 Å². The Balaban J connectivity index is 1.59. The van der Waals surface area contributed by atoms with Crippen LogP contribution >= 0.6 is 0 Å². The fourth-order valence-electron chi connectivity index (χ4n) is 3.72. The minimum atomic E-state index is -2.66. The minimum absolute atomic E-state index is 0.0571. The van der Waals surface area contributed by atoms with Gasteiger partial charge in [-0.1, -0.05) is 0 Å². The fraction of sp³-hybridized carbons (Fsp3) is 0.750. The number of ether oxygens (including phenoxy) is 1. The van der Waals surface area contributed by atoms with Crippen LogP contribution in [0.4, 0.5) is 8.78 Å². The molecule has 1 atom stereocenters. The first-order valence-corrected chi connectivity index (χ1v) is 8.23. The first-order valence-electron chi connectivity index (χ1n) is 8.23. The summed E-state index contributed by atoms with van der Waals surface area (Å²) in [5, 5.41) is 0. The number of carbonyl (C=O) groups excluding carboxylic acids is 1. The largest absolute Gasteiger partial charge is 0.448 e. The van der Waals surface area contributed by atoms with Gasteiger partial charge < -0.3 is 14.1 Å². The zero-order valence-corrected chi connectivity index (χ0v) is 14.0. The second kappa shape index (κ2) is 6.76. The van der Waals surface area contributed by atoms with Crippen molar-refractivity contribution >= 4 is 5.91 Å². The lowest BCUT2D eigenvalue weighted by Crippen LogP contribution is -2.49. The molecular formula is C16H23F2N3O3. The van der Waals surface area contributed by atoms with E-state index in [1.807, 2.05) is 4.90 Å². The second-order valence-corrected chi connectivity index (χ2v) is 6.62. The van der Waals surface area contributed by atoms with E-state index in [9.17, 15) is 13.6 Å². The zero-order valence-electron chi connectivity index (χ0n) is 14.0. The lowest BCUT2D eigenvalue weighted by atomic mass is 10.0. The quantitative estimate of drug-likeness (QED) is 0.836. The normalized spacial score (nSPS) is 25.3. The molecule has 1 aromatic heterocycles. The molecule has 0 bridgehead atoms. The molecule has 0 spiro atoms. The maximum Gasteiger partial charge on any atom is 0.275 e. The Kier molecular flexibility index (Phi) is 4.87. The molecule has 0 aliphatic carbocycles. The lowest BCUT2D eigenvalue weighted by molar-refractivity contribution is 0.00282. The van der Waals surface area contributed by atoms with E-state index >= 15 is 0 Å². The van der Waals surface area contributed by atoms with Crippen molar-refractivity contribution in [2.75, 3.05) is 33.4 Å². The molecule has 0 aromatic carbocycles. The number of aryl methyl sites for hydroxylation is 1. The van der Waals surface area contributed by atoms with Gasteiger partial charge in [0.15, 0.2) is 11.6 Å². The van der Waals surface area contributed by atoms with Crippen LogP contribution in [0.15, 0.2) is 10.7 Å². The Morgan fingerprint density at radius 3 is 2.75 bits per heavy atom. The molecule has 0 radical (unpaired) electrons. The summed E-state index contributed by atoms with van der Waals surface area (Å²) in [6, 6.07) is -0.197. The highest BCUT2D eigenvalue weighted by molar-refractivity contribution is 5.92. The summed E-state index contributed by atoms with van der Waals surface area (Å²) < 4.78 is 37.7. The van der Waals surface area contributed by atoms with Crippen molar-refractivity contribution in [1.82, 2.24) is 14.8 Å². The van der Waals surface area contributed by atoms with Gasteiger partial charge >= 0.3 is 0 Å². The van der Waals surface area contributed by atoms with E-state index in [1.165, 1.54) is 13.4 Å². The highest BCUT2D eigenvalue weighted by atomic mass is 19.3. The standard InChI is InChI=1S/C16H23F2N3O3/c1-11-19-14(9-24-11)15(22)20-5-3-12(4-6-20)21-10-16(17,18)7-13(21)8-23-2/h9,12-13H,3-8,10H2,1-2H3/t13-/m0/s1. The number of rotatable bonds is 4. The molecule has 134 valence electrons. The second-order valence-electron chi connectivity index (χ2n) is 6.62. The number of oxazole rings is 1. The molecule has 2 saturated heterocycles. The summed E-state index contributed by atoms with van der Waals surface area (Å²) in [6.07, 6.45) is 2.56. The first-order chi connectivity index (χ1) is 11.4. The monoisotopic (exact) mass is 343 g/mol. The number of halogens is 2. The maximum atomic E-state index is 13.8. The number of amides is 1. The van der Waals surface area contributed by atoms with Crippen LogP contribution in [0.5, 0.6) is 0 Å². The van der Waals surface area contributed by atoms with E-state index in [-0.39, 0.29) is 31.0 Å². The Morgan fingerprint density at radius 1 is 1.46 bits per heavy atom. The van der Waals surface area contributed by atoms with E-state index in [0.29, 0.717) is 44.1 Å². The van der Waals surface area contributed by atoms with Crippen molar-refractivity contribution in [3.8, 4) is 0 Å². The number of alkyl halides is 2. The van der Waals surface area contributed by atoms with Crippen LogP contribution in [0.1, 0.15) is 35.6 Å². The van der Waals surface area contributed by atoms with Crippen LogP contribution in [0, 0.1) is 6.92 Å². The molecule has 2 aliphatic heterocycles. The summed E-state index contributed by atoms with van der Waals surface area (Å²) in [5.41, 5.74) is 0.302. The summed E-state index contributed by atoms with van der Waals surface area (Å²) in [6.45, 7) is 2.86. The lowest BCUT2D eigenvalue weighted by Gasteiger charge is -2.38. The number of hydrogen-bond donors (Lipinski definition) is 0. The molecule has 1 amide bonds. The number of hydrogen-bond acceptors (Lipinski definition) is 5. The number of aromatic nitrogens is 1. The van der Waals surface area contributed by atoms with Gasteiger partial charge in [0.05, 0.1) is 13.2 Å². The zero-order chi connectivity index (χ0) is 17.3. The number of carbonyl (C=O) groups is 1. The van der Waals surface area contributed by atoms with Gasteiger partial charge in [-0.05, 0) is 12.8 Å². The Labute approximate surface area is 139 Å². The van der Waals surface area contributed by atoms with Crippen LogP contribution in [-0.4, -0.2) is 72.0 Å². The topological polar surface area (TPSA) is 58.8 Å². The molecular weight excluding hydrogens is 320 g/mol. The van der Waals surface area contributed by atoms with E-state index in [1.54, 1.807) is 11.8 Å². The highest BCUT2D eigenvalue weighted by Crippen LogP contribution is 2.35. The van der Waals surface area contributed by atoms with Gasteiger partial charge in [-0.3, -0.25) is 9.69 Å². The molecule has 24 heavy (non-hydrogen) atoms. The Bertz CT molecular complexity index is 585. The SMILES string of the molecule is COC[C@@H]1CC(F)(F)CN1C1CCN(C(=O)c2coc(C)n2)CC1. The van der Waals surface area contributed by atoms with E-state index in [2.05, 4.69) is 4.98 Å². The van der Waals surface area contributed by atoms with Gasteiger partial charge in [-0.15, -0.1) is 0 Å². The van der Waals surface area contributed by atoms with Gasteiger partial charge in [-0.25, -0.2) is 13.8 Å². The summed E-state index contributed by atoms with van der Waals surface area (Å²) in [5.74, 6) is -2.37. The molecule has 2 aliphatic rings. The number of nitrogens with zero attached hydrogens (tertiary/aromatic N) is 3. The molecule has 2 fully saturated rings. The van der Waals surface area contributed by atoms with E-state index < -0.39 is 5.92 Å². The predicted molar refractivity (Wildman–Crippen MR) is 82.1 cm³/mol.